The molecule has 17 heavy (non-hydrogen) atoms. The van der Waals surface area contributed by atoms with Crippen molar-refractivity contribution in [2.24, 2.45) is 0 Å². The van der Waals surface area contributed by atoms with Crippen molar-refractivity contribution in [1.82, 2.24) is 10.6 Å². The number of amides is 1. The van der Waals surface area contributed by atoms with Gasteiger partial charge in [-0.1, -0.05) is 6.92 Å². The second kappa shape index (κ2) is 6.30. The van der Waals surface area contributed by atoms with Crippen LogP contribution >= 0.6 is 0 Å². The van der Waals surface area contributed by atoms with Crippen molar-refractivity contribution in [3.05, 3.63) is 35.4 Å². The van der Waals surface area contributed by atoms with Crippen molar-refractivity contribution in [2.45, 2.75) is 19.4 Å². The summed E-state index contributed by atoms with van der Waals surface area (Å²) < 4.78 is 26.5. The van der Waals surface area contributed by atoms with Crippen LogP contribution in [0.15, 0.2) is 18.2 Å². The van der Waals surface area contributed by atoms with Crippen LogP contribution in [-0.4, -0.2) is 19.5 Å². The Bertz CT molecular complexity index is 396. The van der Waals surface area contributed by atoms with Crippen molar-refractivity contribution in [2.75, 3.05) is 13.6 Å². The van der Waals surface area contributed by atoms with Crippen molar-refractivity contribution >= 4 is 5.91 Å². The van der Waals surface area contributed by atoms with Gasteiger partial charge in [0.25, 0.3) is 0 Å². The number of carbonyl (C=O) groups is 1. The van der Waals surface area contributed by atoms with Gasteiger partial charge in [-0.2, -0.15) is 0 Å². The zero-order valence-electron chi connectivity index (χ0n) is 9.89. The molecule has 0 aliphatic heterocycles. The van der Waals surface area contributed by atoms with E-state index < -0.39 is 17.7 Å². The van der Waals surface area contributed by atoms with Gasteiger partial charge in [0.2, 0.25) is 5.91 Å². The molecule has 2 N–H and O–H groups in total. The number of likely N-dealkylation sites (N-methyl/N-ethyl adjacent to an activating group) is 1. The molecule has 3 nitrogen and oxygen atoms in total. The standard InChI is InChI=1S/C12H16F2N2O/c1-3-11(16-12(17)7-15-2)9-6-8(13)4-5-10(9)14/h4-6,11,15H,3,7H2,1-2H3,(H,16,17). The first kappa shape index (κ1) is 13.6. The Kier molecular flexibility index (Phi) is 5.03. The highest BCUT2D eigenvalue weighted by molar-refractivity contribution is 5.78. The highest BCUT2D eigenvalue weighted by atomic mass is 19.1. The van der Waals surface area contributed by atoms with Crippen molar-refractivity contribution in [3.63, 3.8) is 0 Å². The molecule has 1 amide bonds. The molecule has 1 unspecified atom stereocenters. The predicted molar refractivity (Wildman–Crippen MR) is 61.5 cm³/mol. The van der Waals surface area contributed by atoms with Gasteiger partial charge in [-0.25, -0.2) is 8.78 Å². The van der Waals surface area contributed by atoms with Gasteiger partial charge in [-0.15, -0.1) is 0 Å². The molecule has 0 bridgehead atoms. The number of halogens is 2. The average molecular weight is 242 g/mol. The molecule has 1 aromatic rings. The lowest BCUT2D eigenvalue weighted by Crippen LogP contribution is -2.35. The van der Waals surface area contributed by atoms with Crippen LogP contribution in [0.1, 0.15) is 24.9 Å². The van der Waals surface area contributed by atoms with Gasteiger partial charge in [0, 0.05) is 5.56 Å². The summed E-state index contributed by atoms with van der Waals surface area (Å²) in [5.74, 6) is -1.27. The number of hydrogen-bond donors (Lipinski definition) is 2. The van der Waals surface area contributed by atoms with Crippen LogP contribution in [0.4, 0.5) is 8.78 Å². The zero-order valence-corrected chi connectivity index (χ0v) is 9.89. The van der Waals surface area contributed by atoms with Gasteiger partial charge in [0.1, 0.15) is 11.6 Å². The maximum absolute atomic E-state index is 13.5. The number of carbonyl (C=O) groups excluding carboxylic acids is 1. The second-order valence-corrected chi connectivity index (χ2v) is 3.72. The fraction of sp³-hybridized carbons (Fsp3) is 0.417. The largest absolute Gasteiger partial charge is 0.348 e. The monoisotopic (exact) mass is 242 g/mol. The molecule has 0 aromatic heterocycles. The van der Waals surface area contributed by atoms with Gasteiger partial charge in [-0.3, -0.25) is 4.79 Å². The molecule has 0 aliphatic rings. The van der Waals surface area contributed by atoms with E-state index in [0.717, 1.165) is 18.2 Å². The maximum atomic E-state index is 13.5. The smallest absolute Gasteiger partial charge is 0.234 e. The lowest BCUT2D eigenvalue weighted by molar-refractivity contribution is -0.120. The van der Waals surface area contributed by atoms with Crippen molar-refractivity contribution < 1.29 is 13.6 Å². The number of rotatable bonds is 5. The minimum atomic E-state index is -0.511. The Labute approximate surface area is 99.2 Å². The van der Waals surface area contributed by atoms with E-state index in [1.54, 1.807) is 14.0 Å². The van der Waals surface area contributed by atoms with Gasteiger partial charge in [-0.05, 0) is 31.7 Å². The second-order valence-electron chi connectivity index (χ2n) is 3.72. The highest BCUT2D eigenvalue weighted by Crippen LogP contribution is 2.20. The summed E-state index contributed by atoms with van der Waals surface area (Å²) >= 11 is 0. The predicted octanol–water partition coefficient (Wildman–Crippen LogP) is 1.75. The summed E-state index contributed by atoms with van der Waals surface area (Å²) in [6.07, 6.45) is 0.496. The van der Waals surface area contributed by atoms with E-state index in [9.17, 15) is 13.6 Å². The lowest BCUT2D eigenvalue weighted by atomic mass is 10.0. The topological polar surface area (TPSA) is 41.1 Å². The summed E-state index contributed by atoms with van der Waals surface area (Å²) in [5, 5.41) is 5.34. The van der Waals surface area contributed by atoms with Crippen LogP contribution in [0.3, 0.4) is 0 Å². The molecule has 0 saturated carbocycles. The lowest BCUT2D eigenvalue weighted by Gasteiger charge is -2.18. The zero-order chi connectivity index (χ0) is 12.8. The van der Waals surface area contributed by atoms with Crippen LogP contribution in [0.25, 0.3) is 0 Å². The van der Waals surface area contributed by atoms with Crippen LogP contribution in [-0.2, 0) is 4.79 Å². The number of hydrogen-bond acceptors (Lipinski definition) is 2. The maximum Gasteiger partial charge on any atom is 0.234 e. The SMILES string of the molecule is CCC(NC(=O)CNC)c1cc(F)ccc1F. The van der Waals surface area contributed by atoms with E-state index in [-0.39, 0.29) is 18.0 Å². The first-order valence-electron chi connectivity index (χ1n) is 5.47. The number of benzene rings is 1. The Morgan fingerprint density at radius 1 is 1.41 bits per heavy atom. The van der Waals surface area contributed by atoms with Crippen LogP contribution in [0, 0.1) is 11.6 Å². The molecule has 1 rings (SSSR count). The third kappa shape index (κ3) is 3.78. The molecule has 94 valence electrons. The molecule has 0 radical (unpaired) electrons. The quantitative estimate of drug-likeness (QED) is 0.826. The summed E-state index contributed by atoms with van der Waals surface area (Å²) in [6, 6.07) is 2.73. The molecule has 1 aromatic carbocycles. The Morgan fingerprint density at radius 3 is 2.71 bits per heavy atom. The molecule has 0 aliphatic carbocycles. The van der Waals surface area contributed by atoms with Crippen LogP contribution < -0.4 is 10.6 Å². The van der Waals surface area contributed by atoms with E-state index >= 15 is 0 Å². The third-order valence-electron chi connectivity index (χ3n) is 2.41. The Balaban J connectivity index is 2.85. The van der Waals surface area contributed by atoms with Gasteiger partial charge in [0.15, 0.2) is 0 Å². The molecular formula is C12H16F2N2O. The van der Waals surface area contributed by atoms with Gasteiger partial charge < -0.3 is 10.6 Å². The van der Waals surface area contributed by atoms with Crippen molar-refractivity contribution in [3.8, 4) is 0 Å². The molecular weight excluding hydrogens is 226 g/mol. The molecule has 0 saturated heterocycles. The van der Waals surface area contributed by atoms with Crippen LogP contribution in [0.5, 0.6) is 0 Å². The van der Waals surface area contributed by atoms with Crippen molar-refractivity contribution in [1.29, 1.82) is 0 Å². The molecule has 0 spiro atoms. The highest BCUT2D eigenvalue weighted by Gasteiger charge is 2.16. The summed E-state index contributed by atoms with van der Waals surface area (Å²) in [7, 11) is 1.64. The van der Waals surface area contributed by atoms with Gasteiger partial charge in [0.05, 0.1) is 12.6 Å². The Morgan fingerprint density at radius 2 is 2.12 bits per heavy atom. The first-order chi connectivity index (χ1) is 8.08. The van der Waals surface area contributed by atoms with E-state index in [1.165, 1.54) is 0 Å². The molecule has 0 fully saturated rings. The Hall–Kier alpha value is -1.49. The third-order valence-corrected chi connectivity index (χ3v) is 2.41. The van der Waals surface area contributed by atoms with E-state index in [0.29, 0.717) is 6.42 Å². The van der Waals surface area contributed by atoms with E-state index in [1.807, 2.05) is 0 Å². The molecule has 5 heteroatoms. The van der Waals surface area contributed by atoms with Gasteiger partial charge >= 0.3 is 0 Å². The average Bonchev–Trinajstić information content (AvgIpc) is 2.30. The summed E-state index contributed by atoms with van der Waals surface area (Å²) in [4.78, 5) is 11.4. The first-order valence-corrected chi connectivity index (χ1v) is 5.47. The normalized spacial score (nSPS) is 12.2. The fourth-order valence-electron chi connectivity index (χ4n) is 1.59. The molecule has 0 heterocycles. The summed E-state index contributed by atoms with van der Waals surface area (Å²) in [5.41, 5.74) is 0.178. The van der Waals surface area contributed by atoms with Crippen LogP contribution in [0.2, 0.25) is 0 Å². The molecule has 1 atom stereocenters. The summed E-state index contributed by atoms with van der Waals surface area (Å²) in [6.45, 7) is 1.95. The van der Waals surface area contributed by atoms with E-state index in [4.69, 9.17) is 0 Å². The fourth-order valence-corrected chi connectivity index (χ4v) is 1.59. The minimum Gasteiger partial charge on any atom is -0.348 e. The minimum absolute atomic E-state index is 0.146. The van der Waals surface area contributed by atoms with E-state index in [2.05, 4.69) is 10.6 Å². The number of nitrogens with one attached hydrogen (secondary N) is 2.